The minimum atomic E-state index is -0.106. The molecule has 0 N–H and O–H groups in total. The van der Waals surface area contributed by atoms with Gasteiger partial charge in [0.2, 0.25) is 17.7 Å². The molecule has 3 aliphatic rings. The Bertz CT molecular complexity index is 434. The van der Waals surface area contributed by atoms with Crippen LogP contribution in [0.1, 0.15) is 44.9 Å². The smallest absolute Gasteiger partial charge is 0.233 e. The van der Waals surface area contributed by atoms with Crippen molar-refractivity contribution >= 4 is 17.7 Å². The molecule has 2 aliphatic carbocycles. The van der Waals surface area contributed by atoms with E-state index in [1.165, 1.54) is 17.7 Å². The first kappa shape index (κ1) is 14.5. The van der Waals surface area contributed by atoms with Crippen molar-refractivity contribution < 1.29 is 14.4 Å². The SMILES string of the molecule is CN(CC1CC1)C(=O)CCN1C(=O)C2CCCCC2C1=O. The number of nitrogens with zero attached hydrogens (tertiary/aromatic N) is 2. The van der Waals surface area contributed by atoms with E-state index in [-0.39, 0.29) is 42.5 Å². The number of rotatable bonds is 5. The highest BCUT2D eigenvalue weighted by atomic mass is 16.2. The second-order valence-electron chi connectivity index (χ2n) is 6.79. The van der Waals surface area contributed by atoms with Gasteiger partial charge in [0.05, 0.1) is 11.8 Å². The third kappa shape index (κ3) is 2.97. The van der Waals surface area contributed by atoms with Gasteiger partial charge in [-0.25, -0.2) is 0 Å². The quantitative estimate of drug-likeness (QED) is 0.720. The fourth-order valence-electron chi connectivity index (χ4n) is 3.64. The number of amides is 3. The topological polar surface area (TPSA) is 57.7 Å². The molecule has 0 aromatic carbocycles. The molecule has 0 aromatic heterocycles. The number of carbonyl (C=O) groups is 3. The first-order chi connectivity index (χ1) is 10.1. The van der Waals surface area contributed by atoms with E-state index in [4.69, 9.17) is 0 Å². The van der Waals surface area contributed by atoms with E-state index in [2.05, 4.69) is 0 Å². The molecule has 5 nitrogen and oxygen atoms in total. The van der Waals surface area contributed by atoms with Crippen LogP contribution in [-0.2, 0) is 14.4 Å². The predicted octanol–water partition coefficient (Wildman–Crippen LogP) is 1.42. The maximum Gasteiger partial charge on any atom is 0.233 e. The Morgan fingerprint density at radius 2 is 1.67 bits per heavy atom. The van der Waals surface area contributed by atoms with Gasteiger partial charge in [-0.3, -0.25) is 19.3 Å². The fraction of sp³-hybridized carbons (Fsp3) is 0.812. The Balaban J connectivity index is 1.53. The lowest BCUT2D eigenvalue weighted by atomic mass is 9.81. The summed E-state index contributed by atoms with van der Waals surface area (Å²) >= 11 is 0. The van der Waals surface area contributed by atoms with E-state index in [0.717, 1.165) is 32.2 Å². The Morgan fingerprint density at radius 1 is 1.10 bits per heavy atom. The number of hydrogen-bond donors (Lipinski definition) is 0. The first-order valence-electron chi connectivity index (χ1n) is 8.17. The molecule has 0 radical (unpaired) electrons. The molecule has 0 bridgehead atoms. The monoisotopic (exact) mass is 292 g/mol. The molecule has 3 rings (SSSR count). The summed E-state index contributed by atoms with van der Waals surface area (Å²) in [4.78, 5) is 39.8. The molecule has 21 heavy (non-hydrogen) atoms. The Kier molecular flexibility index (Phi) is 4.00. The van der Waals surface area contributed by atoms with Crippen LogP contribution in [0.25, 0.3) is 0 Å². The first-order valence-corrected chi connectivity index (χ1v) is 8.17. The predicted molar refractivity (Wildman–Crippen MR) is 77.1 cm³/mol. The van der Waals surface area contributed by atoms with Crippen LogP contribution in [0.3, 0.4) is 0 Å². The van der Waals surface area contributed by atoms with Crippen molar-refractivity contribution in [3.8, 4) is 0 Å². The van der Waals surface area contributed by atoms with Crippen LogP contribution < -0.4 is 0 Å². The molecular weight excluding hydrogens is 268 g/mol. The Morgan fingerprint density at radius 3 is 2.19 bits per heavy atom. The Labute approximate surface area is 125 Å². The maximum atomic E-state index is 12.3. The summed E-state index contributed by atoms with van der Waals surface area (Å²) in [7, 11) is 1.81. The van der Waals surface area contributed by atoms with E-state index < -0.39 is 0 Å². The summed E-state index contributed by atoms with van der Waals surface area (Å²) < 4.78 is 0. The molecule has 1 heterocycles. The van der Waals surface area contributed by atoms with Crippen LogP contribution in [-0.4, -0.2) is 47.7 Å². The molecule has 0 spiro atoms. The number of fused-ring (bicyclic) bond motifs is 1. The van der Waals surface area contributed by atoms with Crippen LogP contribution in [0.2, 0.25) is 0 Å². The second-order valence-corrected chi connectivity index (χ2v) is 6.79. The second kappa shape index (κ2) is 5.78. The third-order valence-corrected chi connectivity index (χ3v) is 5.14. The molecule has 1 aliphatic heterocycles. The van der Waals surface area contributed by atoms with Gasteiger partial charge in [0.25, 0.3) is 0 Å². The fourth-order valence-corrected chi connectivity index (χ4v) is 3.64. The lowest BCUT2D eigenvalue weighted by molar-refractivity contribution is -0.140. The summed E-state index contributed by atoms with van der Waals surface area (Å²) in [5.74, 6) is 0.412. The Hall–Kier alpha value is -1.39. The average molecular weight is 292 g/mol. The van der Waals surface area contributed by atoms with Crippen molar-refractivity contribution in [2.45, 2.75) is 44.9 Å². The summed E-state index contributed by atoms with van der Waals surface area (Å²) in [6, 6.07) is 0. The van der Waals surface area contributed by atoms with Gasteiger partial charge in [0.1, 0.15) is 0 Å². The van der Waals surface area contributed by atoms with Crippen molar-refractivity contribution in [1.29, 1.82) is 0 Å². The zero-order valence-electron chi connectivity index (χ0n) is 12.7. The average Bonchev–Trinajstić information content (AvgIpc) is 3.26. The van der Waals surface area contributed by atoms with Gasteiger partial charge in [-0.15, -0.1) is 0 Å². The molecule has 116 valence electrons. The van der Waals surface area contributed by atoms with Crippen LogP contribution in [0.4, 0.5) is 0 Å². The summed E-state index contributed by atoms with van der Waals surface area (Å²) in [5, 5.41) is 0. The summed E-state index contributed by atoms with van der Waals surface area (Å²) in [5.41, 5.74) is 0. The largest absolute Gasteiger partial charge is 0.345 e. The minimum absolute atomic E-state index is 0.0392. The molecule has 2 atom stereocenters. The highest BCUT2D eigenvalue weighted by Crippen LogP contribution is 2.38. The van der Waals surface area contributed by atoms with Crippen LogP contribution in [0.5, 0.6) is 0 Å². The lowest BCUT2D eigenvalue weighted by Crippen LogP contribution is -2.36. The number of likely N-dealkylation sites (tertiary alicyclic amines) is 1. The molecule has 3 fully saturated rings. The highest BCUT2D eigenvalue weighted by Gasteiger charge is 2.47. The van der Waals surface area contributed by atoms with Crippen molar-refractivity contribution in [3.63, 3.8) is 0 Å². The molecule has 0 aromatic rings. The number of carbonyl (C=O) groups excluding carboxylic acids is 3. The zero-order valence-corrected chi connectivity index (χ0v) is 12.7. The van der Waals surface area contributed by atoms with E-state index in [1.54, 1.807) is 4.90 Å². The van der Waals surface area contributed by atoms with Gasteiger partial charge in [-0.1, -0.05) is 12.8 Å². The van der Waals surface area contributed by atoms with Crippen LogP contribution in [0, 0.1) is 17.8 Å². The van der Waals surface area contributed by atoms with Crippen LogP contribution >= 0.6 is 0 Å². The minimum Gasteiger partial charge on any atom is -0.345 e. The van der Waals surface area contributed by atoms with Gasteiger partial charge >= 0.3 is 0 Å². The van der Waals surface area contributed by atoms with Crippen molar-refractivity contribution in [1.82, 2.24) is 9.80 Å². The van der Waals surface area contributed by atoms with Crippen molar-refractivity contribution in [2.75, 3.05) is 20.1 Å². The maximum absolute atomic E-state index is 12.3. The van der Waals surface area contributed by atoms with Gasteiger partial charge in [0, 0.05) is 26.6 Å². The van der Waals surface area contributed by atoms with E-state index in [0.29, 0.717) is 5.92 Å². The van der Waals surface area contributed by atoms with Gasteiger partial charge in [0.15, 0.2) is 0 Å². The highest BCUT2D eigenvalue weighted by molar-refractivity contribution is 6.05. The number of imide groups is 1. The van der Waals surface area contributed by atoms with Gasteiger partial charge in [-0.05, 0) is 31.6 Å². The molecule has 5 heteroatoms. The molecule has 1 saturated heterocycles. The standard InChI is InChI=1S/C16H24N2O3/c1-17(10-11-6-7-11)14(19)8-9-18-15(20)12-4-2-3-5-13(12)16(18)21/h11-13H,2-10H2,1H3. The van der Waals surface area contributed by atoms with E-state index in [1.807, 2.05) is 7.05 Å². The van der Waals surface area contributed by atoms with Crippen molar-refractivity contribution in [3.05, 3.63) is 0 Å². The summed E-state index contributed by atoms with van der Waals surface area (Å²) in [6.45, 7) is 1.07. The molecule has 3 amide bonds. The normalized spacial score (nSPS) is 28.7. The summed E-state index contributed by atoms with van der Waals surface area (Å²) in [6.07, 6.45) is 6.44. The van der Waals surface area contributed by atoms with E-state index >= 15 is 0 Å². The zero-order chi connectivity index (χ0) is 15.0. The molecular formula is C16H24N2O3. The molecule has 2 unspecified atom stereocenters. The lowest BCUT2D eigenvalue weighted by Gasteiger charge is -2.19. The third-order valence-electron chi connectivity index (χ3n) is 5.14. The van der Waals surface area contributed by atoms with E-state index in [9.17, 15) is 14.4 Å². The van der Waals surface area contributed by atoms with Crippen molar-refractivity contribution in [2.24, 2.45) is 17.8 Å². The number of hydrogen-bond acceptors (Lipinski definition) is 3. The van der Waals surface area contributed by atoms with Gasteiger partial charge < -0.3 is 4.90 Å². The van der Waals surface area contributed by atoms with Crippen LogP contribution in [0.15, 0.2) is 0 Å². The molecule has 2 saturated carbocycles. The van der Waals surface area contributed by atoms with Gasteiger partial charge in [-0.2, -0.15) is 0 Å².